The van der Waals surface area contributed by atoms with Crippen LogP contribution in [0, 0.1) is 5.82 Å². The number of H-pyrrole nitrogens is 1. The van der Waals surface area contributed by atoms with Crippen molar-refractivity contribution in [2.24, 2.45) is 0 Å². The number of likely N-dealkylation sites (N-methyl/N-ethyl adjacent to an activating group) is 1. The van der Waals surface area contributed by atoms with Crippen LogP contribution in [0.25, 0.3) is 0 Å². The number of aliphatic hydroxyl groups is 1. The SMILES string of the molecule is CN(CCO)C(=O)c1cc(COc2ccccc2F)[nH]n1. The van der Waals surface area contributed by atoms with Crippen LogP contribution in [0.5, 0.6) is 5.75 Å². The summed E-state index contributed by atoms with van der Waals surface area (Å²) < 4.78 is 18.7. The fourth-order valence-electron chi connectivity index (χ4n) is 1.71. The molecule has 1 aromatic heterocycles. The number of amides is 1. The Kier molecular flexibility index (Phi) is 4.89. The Hall–Kier alpha value is -2.41. The van der Waals surface area contributed by atoms with E-state index in [1.807, 2.05) is 0 Å². The first-order valence-corrected chi connectivity index (χ1v) is 6.39. The number of para-hydroxylation sites is 1. The second kappa shape index (κ2) is 6.85. The first-order chi connectivity index (χ1) is 10.1. The van der Waals surface area contributed by atoms with Crippen molar-refractivity contribution in [1.29, 1.82) is 0 Å². The Bertz CT molecular complexity index is 615. The van der Waals surface area contributed by atoms with Gasteiger partial charge in [-0.2, -0.15) is 5.10 Å². The van der Waals surface area contributed by atoms with Gasteiger partial charge in [0.05, 0.1) is 12.3 Å². The van der Waals surface area contributed by atoms with E-state index in [9.17, 15) is 9.18 Å². The summed E-state index contributed by atoms with van der Waals surface area (Å²) in [6.07, 6.45) is 0. The van der Waals surface area contributed by atoms with Gasteiger partial charge in [-0.15, -0.1) is 0 Å². The van der Waals surface area contributed by atoms with Gasteiger partial charge in [-0.3, -0.25) is 9.89 Å². The van der Waals surface area contributed by atoms with Crippen molar-refractivity contribution in [2.45, 2.75) is 6.61 Å². The second-order valence-electron chi connectivity index (χ2n) is 4.45. The highest BCUT2D eigenvalue weighted by molar-refractivity contribution is 5.92. The minimum Gasteiger partial charge on any atom is -0.484 e. The molecule has 1 amide bonds. The summed E-state index contributed by atoms with van der Waals surface area (Å²) in [6.45, 7) is 0.188. The molecule has 0 radical (unpaired) electrons. The average Bonchev–Trinajstić information content (AvgIpc) is 2.95. The summed E-state index contributed by atoms with van der Waals surface area (Å²) in [7, 11) is 1.57. The van der Waals surface area contributed by atoms with Crippen molar-refractivity contribution in [3.8, 4) is 5.75 Å². The van der Waals surface area contributed by atoms with Gasteiger partial charge >= 0.3 is 0 Å². The summed E-state index contributed by atoms with van der Waals surface area (Å²) >= 11 is 0. The lowest BCUT2D eigenvalue weighted by molar-refractivity contribution is 0.0761. The van der Waals surface area contributed by atoms with Gasteiger partial charge in [0.15, 0.2) is 17.3 Å². The largest absolute Gasteiger partial charge is 0.484 e. The summed E-state index contributed by atoms with van der Waals surface area (Å²) in [5, 5.41) is 15.3. The monoisotopic (exact) mass is 293 g/mol. The predicted molar refractivity (Wildman–Crippen MR) is 73.4 cm³/mol. The normalized spacial score (nSPS) is 10.4. The van der Waals surface area contributed by atoms with Gasteiger partial charge in [0.2, 0.25) is 0 Å². The summed E-state index contributed by atoms with van der Waals surface area (Å²) in [5.41, 5.74) is 0.775. The van der Waals surface area contributed by atoms with Gasteiger partial charge in [-0.1, -0.05) is 12.1 Å². The molecule has 2 N–H and O–H groups in total. The zero-order valence-corrected chi connectivity index (χ0v) is 11.5. The molecule has 6 nitrogen and oxygen atoms in total. The zero-order chi connectivity index (χ0) is 15.2. The lowest BCUT2D eigenvalue weighted by atomic mass is 10.3. The molecule has 0 aliphatic carbocycles. The first-order valence-electron chi connectivity index (χ1n) is 6.39. The summed E-state index contributed by atoms with van der Waals surface area (Å²) in [4.78, 5) is 13.3. The fourth-order valence-corrected chi connectivity index (χ4v) is 1.71. The molecule has 0 atom stereocenters. The van der Waals surface area contributed by atoms with Gasteiger partial charge in [0, 0.05) is 13.6 Å². The minimum absolute atomic E-state index is 0.0743. The van der Waals surface area contributed by atoms with E-state index in [2.05, 4.69) is 10.2 Å². The van der Waals surface area contributed by atoms with Crippen LogP contribution in [0.1, 0.15) is 16.2 Å². The van der Waals surface area contributed by atoms with Gasteiger partial charge in [-0.25, -0.2) is 4.39 Å². The Labute approximate surface area is 121 Å². The average molecular weight is 293 g/mol. The van der Waals surface area contributed by atoms with Crippen molar-refractivity contribution in [3.63, 3.8) is 0 Å². The van der Waals surface area contributed by atoms with Crippen molar-refractivity contribution >= 4 is 5.91 Å². The highest BCUT2D eigenvalue weighted by atomic mass is 19.1. The molecule has 0 unspecified atom stereocenters. The molecule has 1 aromatic carbocycles. The van der Waals surface area contributed by atoms with E-state index in [0.29, 0.717) is 5.69 Å². The topological polar surface area (TPSA) is 78.5 Å². The van der Waals surface area contributed by atoms with Crippen LogP contribution < -0.4 is 4.74 Å². The molecular formula is C14H16FN3O3. The molecule has 0 aliphatic heterocycles. The van der Waals surface area contributed by atoms with Crippen LogP contribution in [-0.4, -0.2) is 46.3 Å². The third-order valence-electron chi connectivity index (χ3n) is 2.85. The number of hydrogen-bond donors (Lipinski definition) is 2. The van der Waals surface area contributed by atoms with Crippen molar-refractivity contribution in [3.05, 3.63) is 47.5 Å². The van der Waals surface area contributed by atoms with Gasteiger partial charge in [-0.05, 0) is 18.2 Å². The van der Waals surface area contributed by atoms with Gasteiger partial charge in [0.1, 0.15) is 6.61 Å². The number of aromatic amines is 1. The fraction of sp³-hybridized carbons (Fsp3) is 0.286. The smallest absolute Gasteiger partial charge is 0.274 e. The summed E-state index contributed by atoms with van der Waals surface area (Å²) in [6, 6.07) is 7.61. The zero-order valence-electron chi connectivity index (χ0n) is 11.5. The first kappa shape index (κ1) is 15.0. The quantitative estimate of drug-likeness (QED) is 0.838. The van der Waals surface area contributed by atoms with Crippen LogP contribution in [0.15, 0.2) is 30.3 Å². The van der Waals surface area contributed by atoms with Crippen molar-refractivity contribution in [1.82, 2.24) is 15.1 Å². The molecule has 0 fully saturated rings. The van der Waals surface area contributed by atoms with Crippen molar-refractivity contribution < 1.29 is 19.0 Å². The Morgan fingerprint density at radius 3 is 2.95 bits per heavy atom. The van der Waals surface area contributed by atoms with Crippen molar-refractivity contribution in [2.75, 3.05) is 20.2 Å². The van der Waals surface area contributed by atoms with Gasteiger partial charge in [0.25, 0.3) is 5.91 Å². The number of ether oxygens (including phenoxy) is 1. The lowest BCUT2D eigenvalue weighted by Crippen LogP contribution is -2.29. The number of hydrogen-bond acceptors (Lipinski definition) is 4. The second-order valence-corrected chi connectivity index (χ2v) is 4.45. The van der Waals surface area contributed by atoms with E-state index in [4.69, 9.17) is 9.84 Å². The molecule has 0 aliphatic rings. The third-order valence-corrected chi connectivity index (χ3v) is 2.85. The maximum atomic E-state index is 13.4. The van der Waals surface area contributed by atoms with E-state index in [1.54, 1.807) is 19.2 Å². The Morgan fingerprint density at radius 2 is 2.24 bits per heavy atom. The van der Waals surface area contributed by atoms with E-state index < -0.39 is 5.82 Å². The number of aliphatic hydroxyl groups excluding tert-OH is 1. The molecule has 7 heteroatoms. The Morgan fingerprint density at radius 1 is 1.48 bits per heavy atom. The van der Waals surface area contributed by atoms with Crippen LogP contribution in [-0.2, 0) is 6.61 Å². The molecule has 2 aromatic rings. The van der Waals surface area contributed by atoms with E-state index in [-0.39, 0.29) is 37.1 Å². The molecular weight excluding hydrogens is 277 g/mol. The molecule has 112 valence electrons. The highest BCUT2D eigenvalue weighted by Crippen LogP contribution is 2.16. The number of aromatic nitrogens is 2. The van der Waals surface area contributed by atoms with Crippen LogP contribution >= 0.6 is 0 Å². The highest BCUT2D eigenvalue weighted by Gasteiger charge is 2.15. The molecule has 21 heavy (non-hydrogen) atoms. The van der Waals surface area contributed by atoms with Crippen LogP contribution in [0.2, 0.25) is 0 Å². The van der Waals surface area contributed by atoms with E-state index in [1.165, 1.54) is 23.1 Å². The maximum Gasteiger partial charge on any atom is 0.274 e. The molecule has 0 saturated carbocycles. The maximum absolute atomic E-state index is 13.4. The number of nitrogens with zero attached hydrogens (tertiary/aromatic N) is 2. The third kappa shape index (κ3) is 3.79. The van der Waals surface area contributed by atoms with Gasteiger partial charge < -0.3 is 14.7 Å². The molecule has 1 heterocycles. The number of carbonyl (C=O) groups is 1. The number of carbonyl (C=O) groups excluding carboxylic acids is 1. The minimum atomic E-state index is -0.448. The van der Waals surface area contributed by atoms with E-state index in [0.717, 1.165) is 0 Å². The molecule has 0 bridgehead atoms. The molecule has 0 saturated heterocycles. The Balaban J connectivity index is 1.97. The van der Waals surface area contributed by atoms with Crippen LogP contribution in [0.4, 0.5) is 4.39 Å². The molecule has 2 rings (SSSR count). The van der Waals surface area contributed by atoms with Crippen LogP contribution in [0.3, 0.4) is 0 Å². The lowest BCUT2D eigenvalue weighted by Gasteiger charge is -2.13. The number of rotatable bonds is 6. The number of benzene rings is 1. The predicted octanol–water partition coefficient (Wildman–Crippen LogP) is 1.19. The molecule has 0 spiro atoms. The number of nitrogens with one attached hydrogen (secondary N) is 1. The number of halogens is 1. The standard InChI is InChI=1S/C14H16FN3O3/c1-18(6-7-19)14(20)12-8-10(16-17-12)9-21-13-5-3-2-4-11(13)15/h2-5,8,19H,6-7,9H2,1H3,(H,16,17). The van der Waals surface area contributed by atoms with E-state index >= 15 is 0 Å². The summed E-state index contributed by atoms with van der Waals surface area (Å²) in [5.74, 6) is -0.620.